The highest BCUT2D eigenvalue weighted by Gasteiger charge is 2.18. The molecule has 1 heterocycles. The summed E-state index contributed by atoms with van der Waals surface area (Å²) in [4.78, 5) is 2.35. The summed E-state index contributed by atoms with van der Waals surface area (Å²) < 4.78 is 5.23. The van der Waals surface area contributed by atoms with Crippen molar-refractivity contribution in [1.29, 1.82) is 0 Å². The molecule has 0 aliphatic carbocycles. The lowest BCUT2D eigenvalue weighted by atomic mass is 10.1. The molecule has 3 nitrogen and oxygen atoms in total. The van der Waals surface area contributed by atoms with Crippen LogP contribution >= 0.6 is 24.8 Å². The molecule has 1 rings (SSSR count). The number of hydrogen-bond acceptors (Lipinski definition) is 3. The van der Waals surface area contributed by atoms with Crippen molar-refractivity contribution in [2.24, 2.45) is 5.73 Å². The number of halogens is 2. The zero-order chi connectivity index (χ0) is 8.32. The molecule has 13 heavy (non-hydrogen) atoms. The van der Waals surface area contributed by atoms with E-state index in [2.05, 4.69) is 18.7 Å². The Morgan fingerprint density at radius 1 is 1.23 bits per heavy atom. The molecule has 82 valence electrons. The molecule has 0 spiro atoms. The summed E-state index contributed by atoms with van der Waals surface area (Å²) >= 11 is 0. The number of ether oxygens (including phenoxy) is 1. The van der Waals surface area contributed by atoms with Gasteiger partial charge in [-0.2, -0.15) is 0 Å². The maximum Gasteiger partial charge on any atom is 0.0594 e. The third kappa shape index (κ3) is 7.52. The van der Waals surface area contributed by atoms with Crippen LogP contribution < -0.4 is 5.73 Å². The smallest absolute Gasteiger partial charge is 0.0594 e. The normalized spacial score (nSPS) is 18.7. The summed E-state index contributed by atoms with van der Waals surface area (Å²) in [6.07, 6.45) is 0. The van der Waals surface area contributed by atoms with Crippen LogP contribution in [0.1, 0.15) is 13.8 Å². The number of nitrogens with two attached hydrogens (primary N) is 1. The Labute approximate surface area is 92.8 Å². The average Bonchev–Trinajstić information content (AvgIpc) is 1.85. The van der Waals surface area contributed by atoms with E-state index < -0.39 is 0 Å². The van der Waals surface area contributed by atoms with Gasteiger partial charge in [0.2, 0.25) is 0 Å². The van der Waals surface area contributed by atoms with E-state index in [0.29, 0.717) is 0 Å². The highest BCUT2D eigenvalue weighted by Crippen LogP contribution is 2.03. The summed E-state index contributed by atoms with van der Waals surface area (Å²) in [5.74, 6) is 0. The number of rotatable bonds is 2. The number of morpholine rings is 1. The second kappa shape index (κ2) is 6.85. The lowest BCUT2D eigenvalue weighted by Gasteiger charge is -2.32. The first-order valence-corrected chi connectivity index (χ1v) is 4.17. The second-order valence-corrected chi connectivity index (χ2v) is 3.88. The molecule has 2 N–H and O–H groups in total. The van der Waals surface area contributed by atoms with Crippen LogP contribution in [0.15, 0.2) is 0 Å². The van der Waals surface area contributed by atoms with Gasteiger partial charge in [-0.25, -0.2) is 0 Å². The molecule has 1 aliphatic rings. The summed E-state index contributed by atoms with van der Waals surface area (Å²) in [5.41, 5.74) is 5.81. The molecule has 0 unspecified atom stereocenters. The van der Waals surface area contributed by atoms with E-state index in [9.17, 15) is 0 Å². The van der Waals surface area contributed by atoms with Crippen LogP contribution in [0.3, 0.4) is 0 Å². The Hall–Kier alpha value is 0.460. The van der Waals surface area contributed by atoms with Gasteiger partial charge in [0.05, 0.1) is 13.2 Å². The third-order valence-electron chi connectivity index (χ3n) is 1.73. The van der Waals surface area contributed by atoms with Gasteiger partial charge in [-0.05, 0) is 13.8 Å². The van der Waals surface area contributed by atoms with Crippen LogP contribution in [0.5, 0.6) is 0 Å². The first-order valence-electron chi connectivity index (χ1n) is 4.17. The van der Waals surface area contributed by atoms with Gasteiger partial charge in [-0.1, -0.05) is 0 Å². The lowest BCUT2D eigenvalue weighted by molar-refractivity contribution is 0.0303. The van der Waals surface area contributed by atoms with Gasteiger partial charge in [0.15, 0.2) is 0 Å². The third-order valence-corrected chi connectivity index (χ3v) is 1.73. The minimum Gasteiger partial charge on any atom is -0.379 e. The van der Waals surface area contributed by atoms with E-state index in [-0.39, 0.29) is 30.4 Å². The highest BCUT2D eigenvalue weighted by molar-refractivity contribution is 5.85. The summed E-state index contributed by atoms with van der Waals surface area (Å²) in [5, 5.41) is 0. The van der Waals surface area contributed by atoms with Gasteiger partial charge in [-0.3, -0.25) is 4.90 Å². The molecule has 1 fully saturated rings. The molecule has 0 bridgehead atoms. The molecule has 0 aromatic heterocycles. The quantitative estimate of drug-likeness (QED) is 0.767. The molecule has 0 saturated carbocycles. The van der Waals surface area contributed by atoms with E-state index in [4.69, 9.17) is 10.5 Å². The van der Waals surface area contributed by atoms with Crippen molar-refractivity contribution in [3.63, 3.8) is 0 Å². The SMILES string of the molecule is CC(C)(N)CN1CCOCC1.Cl.Cl. The lowest BCUT2D eigenvalue weighted by Crippen LogP contribution is -2.49. The molecule has 5 heteroatoms. The van der Waals surface area contributed by atoms with Crippen molar-refractivity contribution < 1.29 is 4.74 Å². The molecule has 0 atom stereocenters. The van der Waals surface area contributed by atoms with Crippen molar-refractivity contribution >= 4 is 24.8 Å². The van der Waals surface area contributed by atoms with Crippen molar-refractivity contribution in [3.05, 3.63) is 0 Å². The Kier molecular flexibility index (Phi) is 8.38. The molecule has 0 aromatic rings. The van der Waals surface area contributed by atoms with Crippen LogP contribution in [0.25, 0.3) is 0 Å². The van der Waals surface area contributed by atoms with Gasteiger partial charge in [0.1, 0.15) is 0 Å². The van der Waals surface area contributed by atoms with Crippen molar-refractivity contribution in [2.45, 2.75) is 19.4 Å². The van der Waals surface area contributed by atoms with E-state index in [1.165, 1.54) is 0 Å². The second-order valence-electron chi connectivity index (χ2n) is 3.88. The van der Waals surface area contributed by atoms with Crippen LogP contribution in [0, 0.1) is 0 Å². The number of nitrogens with zero attached hydrogens (tertiary/aromatic N) is 1. The maximum absolute atomic E-state index is 5.88. The maximum atomic E-state index is 5.88. The first kappa shape index (κ1) is 15.9. The molecule has 1 saturated heterocycles. The summed E-state index contributed by atoms with van der Waals surface area (Å²) in [7, 11) is 0. The first-order chi connectivity index (χ1) is 5.08. The minimum atomic E-state index is -0.0721. The van der Waals surface area contributed by atoms with E-state index in [0.717, 1.165) is 32.8 Å². The average molecular weight is 231 g/mol. The van der Waals surface area contributed by atoms with Gasteiger partial charge >= 0.3 is 0 Å². The highest BCUT2D eigenvalue weighted by atomic mass is 35.5. The van der Waals surface area contributed by atoms with Gasteiger partial charge < -0.3 is 10.5 Å². The Bertz CT molecular complexity index is 122. The molecule has 0 aromatic carbocycles. The van der Waals surface area contributed by atoms with E-state index in [1.807, 2.05) is 0 Å². The Morgan fingerprint density at radius 3 is 2.08 bits per heavy atom. The van der Waals surface area contributed by atoms with Gasteiger partial charge in [-0.15, -0.1) is 24.8 Å². The zero-order valence-electron chi connectivity index (χ0n) is 8.28. The predicted octanol–water partition coefficient (Wildman–Crippen LogP) is 0.899. The fraction of sp³-hybridized carbons (Fsp3) is 1.00. The topological polar surface area (TPSA) is 38.5 Å². The zero-order valence-corrected chi connectivity index (χ0v) is 9.92. The van der Waals surface area contributed by atoms with Gasteiger partial charge in [0.25, 0.3) is 0 Å². The monoisotopic (exact) mass is 230 g/mol. The Balaban J connectivity index is 0. The molecular formula is C8H20Cl2N2O. The standard InChI is InChI=1S/C8H18N2O.2ClH/c1-8(2,9)7-10-3-5-11-6-4-10;;/h3-7,9H2,1-2H3;2*1H. The number of hydrogen-bond donors (Lipinski definition) is 1. The predicted molar refractivity (Wildman–Crippen MR) is 60.0 cm³/mol. The molecule has 0 radical (unpaired) electrons. The fourth-order valence-electron chi connectivity index (χ4n) is 1.34. The molecular weight excluding hydrogens is 211 g/mol. The molecule has 1 aliphatic heterocycles. The van der Waals surface area contributed by atoms with Crippen molar-refractivity contribution in [3.8, 4) is 0 Å². The minimum absolute atomic E-state index is 0. The van der Waals surface area contributed by atoms with Crippen LogP contribution in [0.4, 0.5) is 0 Å². The van der Waals surface area contributed by atoms with Crippen molar-refractivity contribution in [2.75, 3.05) is 32.8 Å². The van der Waals surface area contributed by atoms with Crippen LogP contribution in [0.2, 0.25) is 0 Å². The fourth-order valence-corrected chi connectivity index (χ4v) is 1.34. The molecule has 0 amide bonds. The Morgan fingerprint density at radius 2 is 1.69 bits per heavy atom. The van der Waals surface area contributed by atoms with E-state index in [1.54, 1.807) is 0 Å². The van der Waals surface area contributed by atoms with Gasteiger partial charge in [0, 0.05) is 25.2 Å². The van der Waals surface area contributed by atoms with Crippen molar-refractivity contribution in [1.82, 2.24) is 4.90 Å². The summed E-state index contributed by atoms with van der Waals surface area (Å²) in [6.45, 7) is 8.86. The largest absolute Gasteiger partial charge is 0.379 e. The van der Waals surface area contributed by atoms with Crippen LogP contribution in [-0.4, -0.2) is 43.3 Å². The van der Waals surface area contributed by atoms with Crippen LogP contribution in [-0.2, 0) is 4.74 Å². The summed E-state index contributed by atoms with van der Waals surface area (Å²) in [6, 6.07) is 0. The van der Waals surface area contributed by atoms with E-state index >= 15 is 0 Å².